The smallest absolute Gasteiger partial charge is 0.125 e. The van der Waals surface area contributed by atoms with E-state index in [1.807, 2.05) is 12.1 Å². The fourth-order valence-electron chi connectivity index (χ4n) is 2.51. The average molecular weight is 249 g/mol. The molecule has 1 aromatic carbocycles. The number of nitrogen functional groups attached to an aromatic ring is 1. The highest BCUT2D eigenvalue weighted by molar-refractivity contribution is 5.48. The van der Waals surface area contributed by atoms with Gasteiger partial charge in [0.15, 0.2) is 0 Å². The molecule has 0 radical (unpaired) electrons. The zero-order valence-corrected chi connectivity index (χ0v) is 11.5. The lowest BCUT2D eigenvalue weighted by Crippen LogP contribution is -2.31. The quantitative estimate of drug-likeness (QED) is 0.819. The molecule has 0 aliphatic carbocycles. The van der Waals surface area contributed by atoms with Crippen molar-refractivity contribution in [2.24, 2.45) is 0 Å². The van der Waals surface area contributed by atoms with Crippen molar-refractivity contribution in [3.63, 3.8) is 0 Å². The number of methoxy groups -OCH3 is 1. The van der Waals surface area contributed by atoms with Crippen LogP contribution in [-0.4, -0.2) is 50.1 Å². The van der Waals surface area contributed by atoms with E-state index in [9.17, 15) is 0 Å². The zero-order chi connectivity index (χ0) is 13.1. The van der Waals surface area contributed by atoms with Crippen LogP contribution in [0.3, 0.4) is 0 Å². The van der Waals surface area contributed by atoms with Gasteiger partial charge in [-0.3, -0.25) is 4.90 Å². The van der Waals surface area contributed by atoms with Crippen molar-refractivity contribution >= 4 is 5.69 Å². The molecule has 0 saturated carbocycles. The maximum absolute atomic E-state index is 5.77. The van der Waals surface area contributed by atoms with Crippen LogP contribution in [-0.2, 0) is 6.54 Å². The summed E-state index contributed by atoms with van der Waals surface area (Å²) in [4.78, 5) is 4.78. The Hall–Kier alpha value is -1.26. The normalized spacial score (nSPS) is 20.6. The molecule has 1 unspecified atom stereocenters. The molecule has 1 aliphatic heterocycles. The fraction of sp³-hybridized carbons (Fsp3) is 0.571. The molecule has 1 heterocycles. The molecule has 0 aromatic heterocycles. The third-order valence-corrected chi connectivity index (χ3v) is 3.68. The number of nitrogens with zero attached hydrogens (tertiary/aromatic N) is 2. The van der Waals surface area contributed by atoms with Crippen molar-refractivity contribution < 1.29 is 4.74 Å². The first-order valence-electron chi connectivity index (χ1n) is 6.41. The summed E-state index contributed by atoms with van der Waals surface area (Å²) in [5.41, 5.74) is 7.74. The number of likely N-dealkylation sites (N-methyl/N-ethyl adjacent to an activating group) is 1. The zero-order valence-electron chi connectivity index (χ0n) is 11.5. The Kier molecular flexibility index (Phi) is 4.09. The van der Waals surface area contributed by atoms with Gasteiger partial charge >= 0.3 is 0 Å². The van der Waals surface area contributed by atoms with E-state index in [1.165, 1.54) is 12.0 Å². The molecule has 1 fully saturated rings. The molecule has 2 N–H and O–H groups in total. The Morgan fingerprint density at radius 2 is 2.22 bits per heavy atom. The highest BCUT2D eigenvalue weighted by Crippen LogP contribution is 2.25. The molecule has 1 atom stereocenters. The van der Waals surface area contributed by atoms with Crippen LogP contribution in [0.1, 0.15) is 12.0 Å². The molecule has 0 amide bonds. The van der Waals surface area contributed by atoms with Crippen LogP contribution in [0.15, 0.2) is 18.2 Å². The molecule has 4 heteroatoms. The van der Waals surface area contributed by atoms with Crippen LogP contribution in [0.25, 0.3) is 0 Å². The number of ether oxygens (including phenoxy) is 1. The van der Waals surface area contributed by atoms with Gasteiger partial charge in [-0.1, -0.05) is 6.07 Å². The second-order valence-corrected chi connectivity index (χ2v) is 5.21. The fourth-order valence-corrected chi connectivity index (χ4v) is 2.51. The van der Waals surface area contributed by atoms with E-state index in [2.05, 4.69) is 30.0 Å². The Morgan fingerprint density at radius 3 is 2.83 bits per heavy atom. The third-order valence-electron chi connectivity index (χ3n) is 3.68. The monoisotopic (exact) mass is 249 g/mol. The first kappa shape index (κ1) is 13.2. The highest BCUT2D eigenvalue weighted by Gasteiger charge is 2.24. The minimum absolute atomic E-state index is 0.671. The van der Waals surface area contributed by atoms with Gasteiger partial charge in [0.25, 0.3) is 0 Å². The Labute approximate surface area is 109 Å². The average Bonchev–Trinajstić information content (AvgIpc) is 2.80. The van der Waals surface area contributed by atoms with Crippen molar-refractivity contribution in [1.29, 1.82) is 0 Å². The predicted octanol–water partition coefficient (Wildman–Crippen LogP) is 1.41. The largest absolute Gasteiger partial charge is 0.496 e. The van der Waals surface area contributed by atoms with Crippen molar-refractivity contribution in [2.75, 3.05) is 40.0 Å². The SMILES string of the molecule is COc1cc(N)ccc1CN1CCC(N(C)C)C1. The first-order chi connectivity index (χ1) is 8.60. The summed E-state index contributed by atoms with van der Waals surface area (Å²) >= 11 is 0. The van der Waals surface area contributed by atoms with E-state index in [1.54, 1.807) is 7.11 Å². The number of nitrogens with two attached hydrogens (primary N) is 1. The van der Waals surface area contributed by atoms with Crippen molar-refractivity contribution in [3.05, 3.63) is 23.8 Å². The molecule has 1 saturated heterocycles. The summed E-state index contributed by atoms with van der Waals surface area (Å²) in [6.07, 6.45) is 1.24. The number of hydrogen-bond acceptors (Lipinski definition) is 4. The topological polar surface area (TPSA) is 41.7 Å². The number of rotatable bonds is 4. The second kappa shape index (κ2) is 5.59. The maximum atomic E-state index is 5.77. The molecule has 4 nitrogen and oxygen atoms in total. The molecular weight excluding hydrogens is 226 g/mol. The van der Waals surface area contributed by atoms with E-state index < -0.39 is 0 Å². The van der Waals surface area contributed by atoms with Gasteiger partial charge in [0, 0.05) is 43.0 Å². The van der Waals surface area contributed by atoms with Crippen LogP contribution >= 0.6 is 0 Å². The number of anilines is 1. The van der Waals surface area contributed by atoms with Gasteiger partial charge in [0.05, 0.1) is 7.11 Å². The van der Waals surface area contributed by atoms with Gasteiger partial charge < -0.3 is 15.4 Å². The lowest BCUT2D eigenvalue weighted by molar-refractivity contribution is 0.262. The summed E-state index contributed by atoms with van der Waals surface area (Å²) in [6, 6.07) is 6.58. The number of hydrogen-bond donors (Lipinski definition) is 1. The van der Waals surface area contributed by atoms with Gasteiger partial charge in [0.1, 0.15) is 5.75 Å². The van der Waals surface area contributed by atoms with E-state index in [4.69, 9.17) is 10.5 Å². The Morgan fingerprint density at radius 1 is 1.44 bits per heavy atom. The second-order valence-electron chi connectivity index (χ2n) is 5.21. The molecule has 18 heavy (non-hydrogen) atoms. The minimum atomic E-state index is 0.671. The summed E-state index contributed by atoms with van der Waals surface area (Å²) < 4.78 is 5.39. The Bertz CT molecular complexity index is 406. The van der Waals surface area contributed by atoms with Gasteiger partial charge in [-0.25, -0.2) is 0 Å². The standard InChI is InChI=1S/C14H23N3O/c1-16(2)13-6-7-17(10-13)9-11-4-5-12(15)8-14(11)18-3/h4-5,8,13H,6-7,9-10,15H2,1-3H3. The third kappa shape index (κ3) is 2.94. The lowest BCUT2D eigenvalue weighted by Gasteiger charge is -2.21. The Balaban J connectivity index is 2.02. The van der Waals surface area contributed by atoms with Crippen molar-refractivity contribution in [2.45, 2.75) is 19.0 Å². The minimum Gasteiger partial charge on any atom is -0.496 e. The van der Waals surface area contributed by atoms with Crippen LogP contribution in [0, 0.1) is 0 Å². The van der Waals surface area contributed by atoms with Crippen LogP contribution in [0.4, 0.5) is 5.69 Å². The van der Waals surface area contributed by atoms with Crippen LogP contribution in [0.2, 0.25) is 0 Å². The number of likely N-dealkylation sites (tertiary alicyclic amines) is 1. The van der Waals surface area contributed by atoms with E-state index in [0.29, 0.717) is 6.04 Å². The molecule has 1 aliphatic rings. The highest BCUT2D eigenvalue weighted by atomic mass is 16.5. The van der Waals surface area contributed by atoms with Gasteiger partial charge in [-0.15, -0.1) is 0 Å². The van der Waals surface area contributed by atoms with Crippen LogP contribution in [0.5, 0.6) is 5.75 Å². The molecule has 0 bridgehead atoms. The summed E-state index contributed by atoms with van der Waals surface area (Å²) in [7, 11) is 6.00. The van der Waals surface area contributed by atoms with Crippen molar-refractivity contribution in [3.8, 4) is 5.75 Å². The van der Waals surface area contributed by atoms with Gasteiger partial charge in [-0.05, 0) is 26.6 Å². The summed E-state index contributed by atoms with van der Waals surface area (Å²) in [5, 5.41) is 0. The maximum Gasteiger partial charge on any atom is 0.125 e. The molecule has 100 valence electrons. The van der Waals surface area contributed by atoms with Crippen LogP contribution < -0.4 is 10.5 Å². The molecule has 0 spiro atoms. The van der Waals surface area contributed by atoms with E-state index in [0.717, 1.165) is 31.1 Å². The van der Waals surface area contributed by atoms with E-state index >= 15 is 0 Å². The molecule has 1 aromatic rings. The lowest BCUT2D eigenvalue weighted by atomic mass is 10.1. The molecular formula is C14H23N3O. The number of benzene rings is 1. The van der Waals surface area contributed by atoms with Gasteiger partial charge in [-0.2, -0.15) is 0 Å². The van der Waals surface area contributed by atoms with Gasteiger partial charge in [0.2, 0.25) is 0 Å². The van der Waals surface area contributed by atoms with E-state index in [-0.39, 0.29) is 0 Å². The predicted molar refractivity (Wildman–Crippen MR) is 74.8 cm³/mol. The van der Waals surface area contributed by atoms with Crippen molar-refractivity contribution in [1.82, 2.24) is 9.80 Å². The first-order valence-corrected chi connectivity index (χ1v) is 6.41. The molecule has 2 rings (SSSR count). The summed E-state index contributed by atoms with van der Waals surface area (Å²) in [6.45, 7) is 3.21. The summed E-state index contributed by atoms with van der Waals surface area (Å²) in [5.74, 6) is 0.892.